The van der Waals surface area contributed by atoms with E-state index < -0.39 is 0 Å². The molecule has 84 valence electrons. The van der Waals surface area contributed by atoms with Crippen molar-refractivity contribution in [2.24, 2.45) is 0 Å². The fraction of sp³-hybridized carbons (Fsp3) is 0.818. The van der Waals surface area contributed by atoms with Gasteiger partial charge in [-0.05, 0) is 33.1 Å². The van der Waals surface area contributed by atoms with E-state index in [1.54, 1.807) is 0 Å². The third-order valence-corrected chi connectivity index (χ3v) is 2.82. The van der Waals surface area contributed by atoms with E-state index in [-0.39, 0.29) is 18.0 Å². The molecule has 0 bridgehead atoms. The van der Waals surface area contributed by atoms with E-state index in [2.05, 4.69) is 11.4 Å². The molecule has 1 atom stereocenters. The molecule has 1 rings (SSSR count). The zero-order valence-electron chi connectivity index (χ0n) is 9.49. The van der Waals surface area contributed by atoms with Crippen molar-refractivity contribution in [3.05, 3.63) is 0 Å². The molecule has 0 aromatic heterocycles. The Morgan fingerprint density at radius 3 is 2.93 bits per heavy atom. The van der Waals surface area contributed by atoms with Crippen LogP contribution in [0.3, 0.4) is 0 Å². The van der Waals surface area contributed by atoms with E-state index in [0.717, 1.165) is 25.8 Å². The van der Waals surface area contributed by atoms with Crippen LogP contribution >= 0.6 is 0 Å². The summed E-state index contributed by atoms with van der Waals surface area (Å²) in [5.74, 6) is 0.0800. The van der Waals surface area contributed by atoms with Crippen LogP contribution in [0.15, 0.2) is 0 Å². The fourth-order valence-corrected chi connectivity index (χ4v) is 1.97. The number of nitrogens with one attached hydrogen (secondary N) is 1. The van der Waals surface area contributed by atoms with E-state index in [1.807, 2.05) is 18.7 Å². The van der Waals surface area contributed by atoms with Crippen molar-refractivity contribution in [3.8, 4) is 6.07 Å². The van der Waals surface area contributed by atoms with Crippen LogP contribution in [0, 0.1) is 11.3 Å². The molecule has 1 fully saturated rings. The van der Waals surface area contributed by atoms with Crippen molar-refractivity contribution in [1.82, 2.24) is 10.2 Å². The molecule has 0 aliphatic carbocycles. The number of hydrogen-bond donors (Lipinski definition) is 1. The molecule has 15 heavy (non-hydrogen) atoms. The Kier molecular flexibility index (Phi) is 4.57. The number of amides is 1. The maximum atomic E-state index is 11.8. The van der Waals surface area contributed by atoms with Gasteiger partial charge in [-0.15, -0.1) is 0 Å². The van der Waals surface area contributed by atoms with Crippen LogP contribution in [0.4, 0.5) is 0 Å². The van der Waals surface area contributed by atoms with Gasteiger partial charge in [0.15, 0.2) is 0 Å². The minimum absolute atomic E-state index is 0.0800. The van der Waals surface area contributed by atoms with Crippen molar-refractivity contribution < 1.29 is 4.79 Å². The lowest BCUT2D eigenvalue weighted by molar-refractivity contribution is -0.126. The zero-order valence-corrected chi connectivity index (χ0v) is 9.49. The highest BCUT2D eigenvalue weighted by Gasteiger charge is 2.28. The maximum absolute atomic E-state index is 11.8. The first-order valence-corrected chi connectivity index (χ1v) is 5.57. The predicted octanol–water partition coefficient (Wildman–Crippen LogP) is 0.889. The number of carbonyl (C=O) groups excluding carboxylic acids is 1. The summed E-state index contributed by atoms with van der Waals surface area (Å²) in [6.07, 6.45) is 2.96. The Balaban J connectivity index is 2.71. The number of rotatable bonds is 3. The van der Waals surface area contributed by atoms with Gasteiger partial charge in [0.2, 0.25) is 5.91 Å². The van der Waals surface area contributed by atoms with Crippen molar-refractivity contribution in [2.45, 2.75) is 45.2 Å². The lowest BCUT2D eigenvalue weighted by Crippen LogP contribution is -2.49. The fourth-order valence-electron chi connectivity index (χ4n) is 1.97. The van der Waals surface area contributed by atoms with Gasteiger partial charge in [0, 0.05) is 12.6 Å². The summed E-state index contributed by atoms with van der Waals surface area (Å²) in [5, 5.41) is 11.6. The Hall–Kier alpha value is -1.08. The minimum Gasteiger partial charge on any atom is -0.355 e. The van der Waals surface area contributed by atoms with Gasteiger partial charge in [-0.3, -0.25) is 9.69 Å². The highest BCUT2D eigenvalue weighted by Crippen LogP contribution is 2.14. The molecule has 4 heteroatoms. The molecule has 0 spiro atoms. The number of nitriles is 1. The second-order valence-electron chi connectivity index (χ2n) is 4.23. The summed E-state index contributed by atoms with van der Waals surface area (Å²) in [6.45, 7) is 5.15. The highest BCUT2D eigenvalue weighted by molar-refractivity contribution is 5.82. The van der Waals surface area contributed by atoms with Crippen molar-refractivity contribution >= 4 is 5.91 Å². The Morgan fingerprint density at radius 1 is 1.60 bits per heavy atom. The largest absolute Gasteiger partial charge is 0.355 e. The van der Waals surface area contributed by atoms with Crippen molar-refractivity contribution in [3.63, 3.8) is 0 Å². The van der Waals surface area contributed by atoms with Crippen molar-refractivity contribution in [1.29, 1.82) is 5.26 Å². The molecule has 1 N–H and O–H groups in total. The normalized spacial score (nSPS) is 22.3. The van der Waals surface area contributed by atoms with Crippen LogP contribution in [-0.4, -0.2) is 36.0 Å². The molecule has 1 aliphatic rings. The predicted molar refractivity (Wildman–Crippen MR) is 58.1 cm³/mol. The minimum atomic E-state index is -0.118. The van der Waals surface area contributed by atoms with Gasteiger partial charge in [-0.25, -0.2) is 0 Å². The highest BCUT2D eigenvalue weighted by atomic mass is 16.2. The van der Waals surface area contributed by atoms with Gasteiger partial charge in [0.25, 0.3) is 0 Å². The zero-order chi connectivity index (χ0) is 11.3. The van der Waals surface area contributed by atoms with Crippen LogP contribution in [0.1, 0.15) is 33.1 Å². The smallest absolute Gasteiger partial charge is 0.237 e. The second-order valence-corrected chi connectivity index (χ2v) is 4.23. The Labute approximate surface area is 91.2 Å². The summed E-state index contributed by atoms with van der Waals surface area (Å²) in [5.41, 5.74) is 0. The first-order chi connectivity index (χ1) is 7.16. The molecule has 1 saturated heterocycles. The average molecular weight is 209 g/mol. The number of nitrogens with zero attached hydrogens (tertiary/aromatic N) is 2. The third-order valence-electron chi connectivity index (χ3n) is 2.82. The van der Waals surface area contributed by atoms with Gasteiger partial charge in [-0.2, -0.15) is 5.26 Å². The van der Waals surface area contributed by atoms with E-state index in [1.165, 1.54) is 0 Å². The first-order valence-electron chi connectivity index (χ1n) is 5.57. The topological polar surface area (TPSA) is 56.1 Å². The first kappa shape index (κ1) is 12.0. The molecule has 1 unspecified atom stereocenters. The monoisotopic (exact) mass is 209 g/mol. The second kappa shape index (κ2) is 5.72. The molecule has 1 heterocycles. The van der Waals surface area contributed by atoms with Crippen molar-refractivity contribution in [2.75, 3.05) is 13.1 Å². The maximum Gasteiger partial charge on any atom is 0.237 e. The lowest BCUT2D eigenvalue weighted by Gasteiger charge is -2.30. The molecule has 0 saturated carbocycles. The number of carbonyl (C=O) groups is 1. The Bertz CT molecular complexity index is 257. The van der Waals surface area contributed by atoms with Gasteiger partial charge >= 0.3 is 0 Å². The van der Waals surface area contributed by atoms with E-state index in [4.69, 9.17) is 5.26 Å². The molecule has 0 radical (unpaired) electrons. The number of hydrogen-bond acceptors (Lipinski definition) is 3. The quantitative estimate of drug-likeness (QED) is 0.702. The molecule has 4 nitrogen and oxygen atoms in total. The SMILES string of the molecule is CC(C)N(CC#N)C1CCCCNC1=O. The van der Waals surface area contributed by atoms with Crippen LogP contribution in [-0.2, 0) is 4.79 Å². The summed E-state index contributed by atoms with van der Waals surface area (Å²) in [7, 11) is 0. The third kappa shape index (κ3) is 3.21. The molecular formula is C11H19N3O. The van der Waals surface area contributed by atoms with Gasteiger partial charge in [0.1, 0.15) is 0 Å². The van der Waals surface area contributed by atoms with Crippen LogP contribution < -0.4 is 5.32 Å². The van der Waals surface area contributed by atoms with Crippen LogP contribution in [0.25, 0.3) is 0 Å². The molecule has 1 aliphatic heterocycles. The van der Waals surface area contributed by atoms with Crippen LogP contribution in [0.2, 0.25) is 0 Å². The van der Waals surface area contributed by atoms with Gasteiger partial charge in [0.05, 0.1) is 18.7 Å². The van der Waals surface area contributed by atoms with E-state index >= 15 is 0 Å². The molecule has 0 aromatic rings. The average Bonchev–Trinajstić information content (AvgIpc) is 2.39. The Morgan fingerprint density at radius 2 is 2.33 bits per heavy atom. The summed E-state index contributed by atoms with van der Waals surface area (Å²) < 4.78 is 0. The summed E-state index contributed by atoms with van der Waals surface area (Å²) >= 11 is 0. The molecular weight excluding hydrogens is 190 g/mol. The lowest BCUT2D eigenvalue weighted by atomic mass is 10.1. The summed E-state index contributed by atoms with van der Waals surface area (Å²) in [6, 6.07) is 2.25. The van der Waals surface area contributed by atoms with E-state index in [9.17, 15) is 4.79 Å². The molecule has 1 amide bonds. The van der Waals surface area contributed by atoms with Gasteiger partial charge in [-0.1, -0.05) is 0 Å². The standard InChI is InChI=1S/C11H19N3O/c1-9(2)14(8-6-12)10-5-3-4-7-13-11(10)15/h9-10H,3-5,7-8H2,1-2H3,(H,13,15). The van der Waals surface area contributed by atoms with Gasteiger partial charge < -0.3 is 5.32 Å². The van der Waals surface area contributed by atoms with E-state index in [0.29, 0.717) is 6.54 Å². The molecule has 0 aromatic carbocycles. The van der Waals surface area contributed by atoms with Crippen LogP contribution in [0.5, 0.6) is 0 Å². The summed E-state index contributed by atoms with van der Waals surface area (Å²) in [4.78, 5) is 13.7.